The lowest BCUT2D eigenvalue weighted by Gasteiger charge is -2.18. The molecule has 0 aliphatic carbocycles. The highest BCUT2D eigenvalue weighted by Gasteiger charge is 2.32. The first-order chi connectivity index (χ1) is 25.7. The first-order valence-electron chi connectivity index (χ1n) is 18.8. The summed E-state index contributed by atoms with van der Waals surface area (Å²) in [6.45, 7) is 18.9. The van der Waals surface area contributed by atoms with Crippen molar-refractivity contribution in [3.05, 3.63) is 89.0 Å². The molecule has 13 heteroatoms. The van der Waals surface area contributed by atoms with Gasteiger partial charge in [0.1, 0.15) is 25.8 Å². The number of rotatable bonds is 16. The largest absolute Gasteiger partial charge is 0.486 e. The van der Waals surface area contributed by atoms with Crippen LogP contribution in [0.15, 0.2) is 60.7 Å². The molecule has 0 fully saturated rings. The topological polar surface area (TPSA) is 92.9 Å². The summed E-state index contributed by atoms with van der Waals surface area (Å²) < 4.78 is 43.1. The SMILES string of the molecule is CCc1cc(OCc2ccccc2)c(F)cc1-c1ccc2c(-c3nc4c(n3COCC[Si](C)(C)C)CN(C(=O)OC)C4)nn(COCC[Si](C)(C)C)c2c1. The van der Waals surface area contributed by atoms with Crippen LogP contribution in [0.4, 0.5) is 9.18 Å². The van der Waals surface area contributed by atoms with Gasteiger partial charge in [-0.25, -0.2) is 18.9 Å². The Kier molecular flexibility index (Phi) is 12.1. The highest BCUT2D eigenvalue weighted by Crippen LogP contribution is 2.37. The standard InChI is InChI=1S/C41H54FN5O5Si2/c1-9-30-22-38(52-26-29-13-11-10-12-14-29)34(42)23-33(30)31-15-16-32-36(21-31)47(28-51-18-20-54(6,7)8)44-39(32)40-43-35-24-45(41(48)49-2)25-37(35)46(40)27-50-17-19-53(3,4)5/h10-16,21-23H,9,17-20,24-28H2,1-8H3. The molecule has 10 nitrogen and oxygen atoms in total. The van der Waals surface area contributed by atoms with E-state index in [4.69, 9.17) is 29.0 Å². The van der Waals surface area contributed by atoms with Gasteiger partial charge in [0, 0.05) is 34.7 Å². The minimum Gasteiger partial charge on any atom is -0.486 e. The van der Waals surface area contributed by atoms with Crippen LogP contribution < -0.4 is 4.74 Å². The summed E-state index contributed by atoms with van der Waals surface area (Å²) in [5.41, 5.74) is 6.89. The molecule has 54 heavy (non-hydrogen) atoms. The molecule has 0 radical (unpaired) electrons. The first kappa shape index (κ1) is 39.4. The maximum atomic E-state index is 15.7. The second-order valence-electron chi connectivity index (χ2n) is 16.4. The van der Waals surface area contributed by atoms with Crippen molar-refractivity contribution in [3.63, 3.8) is 0 Å². The van der Waals surface area contributed by atoms with Gasteiger partial charge in [0.05, 0.1) is 37.1 Å². The van der Waals surface area contributed by atoms with Crippen molar-refractivity contribution in [2.24, 2.45) is 0 Å². The number of carbonyl (C=O) groups is 1. The van der Waals surface area contributed by atoms with E-state index in [0.29, 0.717) is 44.2 Å². The molecule has 3 heterocycles. The average Bonchev–Trinajstić information content (AvgIpc) is 3.81. The molecule has 1 aliphatic rings. The van der Waals surface area contributed by atoms with Gasteiger partial charge in [-0.15, -0.1) is 0 Å². The van der Waals surface area contributed by atoms with E-state index < -0.39 is 28.1 Å². The van der Waals surface area contributed by atoms with Crippen LogP contribution in [0.1, 0.15) is 29.4 Å². The van der Waals surface area contributed by atoms with Gasteiger partial charge in [-0.2, -0.15) is 5.10 Å². The molecule has 288 valence electrons. The lowest BCUT2D eigenvalue weighted by molar-refractivity contribution is 0.0812. The number of carbonyl (C=O) groups excluding carboxylic acids is 1. The van der Waals surface area contributed by atoms with E-state index in [-0.39, 0.29) is 25.8 Å². The zero-order valence-electron chi connectivity index (χ0n) is 33.0. The van der Waals surface area contributed by atoms with Crippen molar-refractivity contribution < 1.29 is 28.1 Å². The Balaban J connectivity index is 1.39. The van der Waals surface area contributed by atoms with Gasteiger partial charge in [0.25, 0.3) is 0 Å². The van der Waals surface area contributed by atoms with Crippen LogP contribution in [0.5, 0.6) is 5.75 Å². The molecule has 1 amide bonds. The van der Waals surface area contributed by atoms with Gasteiger partial charge in [-0.3, -0.25) is 4.90 Å². The van der Waals surface area contributed by atoms with Crippen molar-refractivity contribution >= 4 is 33.1 Å². The molecule has 0 N–H and O–H groups in total. The fourth-order valence-corrected chi connectivity index (χ4v) is 8.02. The normalized spacial score (nSPS) is 13.2. The van der Waals surface area contributed by atoms with Gasteiger partial charge in [-0.1, -0.05) is 82.6 Å². The summed E-state index contributed by atoms with van der Waals surface area (Å²) in [5, 5.41) is 6.03. The predicted octanol–water partition coefficient (Wildman–Crippen LogP) is 9.55. The zero-order chi connectivity index (χ0) is 38.6. The van der Waals surface area contributed by atoms with Crippen molar-refractivity contribution in [2.45, 2.75) is 97.9 Å². The second kappa shape index (κ2) is 16.6. The first-order valence-corrected chi connectivity index (χ1v) is 26.2. The number of aryl methyl sites for hydroxylation is 1. The van der Waals surface area contributed by atoms with Gasteiger partial charge >= 0.3 is 6.09 Å². The van der Waals surface area contributed by atoms with Crippen LogP contribution in [0.3, 0.4) is 0 Å². The summed E-state index contributed by atoms with van der Waals surface area (Å²) in [6.07, 6.45) is 0.306. The molecule has 0 atom stereocenters. The smallest absolute Gasteiger partial charge is 0.410 e. The third-order valence-electron chi connectivity index (χ3n) is 9.75. The highest BCUT2D eigenvalue weighted by molar-refractivity contribution is 6.76. The zero-order valence-corrected chi connectivity index (χ0v) is 35.0. The van der Waals surface area contributed by atoms with Crippen LogP contribution >= 0.6 is 0 Å². The summed E-state index contributed by atoms with van der Waals surface area (Å²) in [4.78, 5) is 19.2. The lowest BCUT2D eigenvalue weighted by Crippen LogP contribution is -2.26. The Bertz CT molecular complexity index is 2090. The Labute approximate surface area is 320 Å². The van der Waals surface area contributed by atoms with Crippen molar-refractivity contribution in [3.8, 4) is 28.4 Å². The Hall–Kier alpha value is -4.31. The maximum absolute atomic E-state index is 15.7. The minimum atomic E-state index is -1.31. The number of hydrogen-bond acceptors (Lipinski definition) is 7. The number of ether oxygens (including phenoxy) is 4. The molecule has 0 saturated heterocycles. The van der Waals surface area contributed by atoms with Crippen LogP contribution in [0, 0.1) is 5.82 Å². The van der Waals surface area contributed by atoms with Crippen LogP contribution in [-0.4, -0.2) is 66.8 Å². The number of nitrogens with zero attached hydrogens (tertiary/aromatic N) is 5. The molecular formula is C41H54FN5O5Si2. The molecule has 5 aromatic rings. The van der Waals surface area contributed by atoms with E-state index in [1.54, 1.807) is 11.0 Å². The second-order valence-corrected chi connectivity index (χ2v) is 27.7. The monoisotopic (exact) mass is 771 g/mol. The number of fused-ring (bicyclic) bond motifs is 2. The summed E-state index contributed by atoms with van der Waals surface area (Å²) in [7, 11) is -1.23. The van der Waals surface area contributed by atoms with Crippen LogP contribution in [-0.2, 0) is 53.8 Å². The predicted molar refractivity (Wildman–Crippen MR) is 216 cm³/mol. The number of amides is 1. The van der Waals surface area contributed by atoms with E-state index in [0.717, 1.165) is 56.6 Å². The number of imidazole rings is 1. The van der Waals surface area contributed by atoms with E-state index in [9.17, 15) is 4.79 Å². The molecule has 0 bridgehead atoms. The quantitative estimate of drug-likeness (QED) is 0.0729. The van der Waals surface area contributed by atoms with E-state index in [2.05, 4.69) is 52.3 Å². The molecule has 0 unspecified atom stereocenters. The van der Waals surface area contributed by atoms with Crippen molar-refractivity contribution in [2.75, 3.05) is 20.3 Å². The number of benzene rings is 3. The summed E-state index contributed by atoms with van der Waals surface area (Å²) in [5.74, 6) is 0.506. The van der Waals surface area contributed by atoms with Crippen molar-refractivity contribution in [1.82, 2.24) is 24.2 Å². The number of halogens is 1. The Morgan fingerprint density at radius 2 is 1.59 bits per heavy atom. The number of hydrogen-bond donors (Lipinski definition) is 0. The fourth-order valence-electron chi connectivity index (χ4n) is 6.51. The van der Waals surface area contributed by atoms with Crippen LogP contribution in [0.25, 0.3) is 33.5 Å². The molecule has 3 aromatic carbocycles. The summed E-state index contributed by atoms with van der Waals surface area (Å²) >= 11 is 0. The third kappa shape index (κ3) is 9.31. The van der Waals surface area contributed by atoms with Crippen molar-refractivity contribution in [1.29, 1.82) is 0 Å². The molecule has 0 spiro atoms. The van der Waals surface area contributed by atoms with Gasteiger partial charge in [0.15, 0.2) is 17.4 Å². The van der Waals surface area contributed by atoms with E-state index in [1.807, 2.05) is 57.8 Å². The lowest BCUT2D eigenvalue weighted by atomic mass is 9.96. The Morgan fingerprint density at radius 1 is 0.889 bits per heavy atom. The highest BCUT2D eigenvalue weighted by atomic mass is 28.3. The average molecular weight is 772 g/mol. The third-order valence-corrected chi connectivity index (χ3v) is 13.2. The molecule has 2 aromatic heterocycles. The molecule has 0 saturated carbocycles. The molecule has 6 rings (SSSR count). The maximum Gasteiger partial charge on any atom is 0.410 e. The van der Waals surface area contributed by atoms with E-state index in [1.165, 1.54) is 7.11 Å². The van der Waals surface area contributed by atoms with Gasteiger partial charge in [-0.05, 0) is 65.0 Å². The number of aromatic nitrogens is 4. The van der Waals surface area contributed by atoms with E-state index >= 15 is 4.39 Å². The molecule has 1 aliphatic heterocycles. The van der Waals surface area contributed by atoms with Gasteiger partial charge < -0.3 is 23.5 Å². The fraction of sp³-hybridized carbons (Fsp3) is 0.439. The minimum absolute atomic E-state index is 0.237. The van der Waals surface area contributed by atoms with Gasteiger partial charge in [0.2, 0.25) is 0 Å². The summed E-state index contributed by atoms with van der Waals surface area (Å²) in [6, 6.07) is 21.4. The molecular weight excluding hydrogens is 718 g/mol. The van der Waals surface area contributed by atoms with Crippen LogP contribution in [0.2, 0.25) is 51.4 Å². The number of methoxy groups -OCH3 is 1. The Morgan fingerprint density at radius 3 is 2.26 bits per heavy atom.